The van der Waals surface area contributed by atoms with E-state index in [2.05, 4.69) is 69.3 Å². The third kappa shape index (κ3) is 4.69. The Bertz CT molecular complexity index is 866. The van der Waals surface area contributed by atoms with Gasteiger partial charge in [-0.05, 0) is 28.3 Å². The summed E-state index contributed by atoms with van der Waals surface area (Å²) in [6.45, 7) is 11.0. The first-order chi connectivity index (χ1) is 14.7. The average Bonchev–Trinajstić information content (AvgIpc) is 2.75. The molecule has 5 heteroatoms. The highest BCUT2D eigenvalue weighted by molar-refractivity contribution is 6.99. The van der Waals surface area contributed by atoms with Crippen LogP contribution in [-0.2, 0) is 14.0 Å². The van der Waals surface area contributed by atoms with E-state index in [0.717, 1.165) is 0 Å². The van der Waals surface area contributed by atoms with Crippen molar-refractivity contribution in [1.29, 1.82) is 0 Å². The van der Waals surface area contributed by atoms with Gasteiger partial charge in [0.25, 0.3) is 8.32 Å². The highest BCUT2D eigenvalue weighted by atomic mass is 28.4. The second kappa shape index (κ2) is 9.51. The average molecular weight is 438 g/mol. The van der Waals surface area contributed by atoms with E-state index in [-0.39, 0.29) is 29.1 Å². The quantitative estimate of drug-likeness (QED) is 0.552. The fraction of sp³-hybridized carbons (Fsp3) is 0.423. The van der Waals surface area contributed by atoms with Crippen molar-refractivity contribution in [3.63, 3.8) is 0 Å². The number of rotatable bonds is 6. The third-order valence-electron chi connectivity index (χ3n) is 6.20. The minimum absolute atomic E-state index is 0.0244. The molecule has 3 atom stereocenters. The fourth-order valence-electron chi connectivity index (χ4n) is 4.60. The largest absolute Gasteiger partial charge is 0.463 e. The topological polar surface area (TPSA) is 61.5 Å². The highest BCUT2D eigenvalue weighted by Crippen LogP contribution is 2.39. The maximum Gasteiger partial charge on any atom is 0.333 e. The van der Waals surface area contributed by atoms with Gasteiger partial charge in [0.1, 0.15) is 0 Å². The van der Waals surface area contributed by atoms with Crippen molar-refractivity contribution in [2.45, 2.75) is 58.2 Å². The Morgan fingerprint density at radius 1 is 1.03 bits per heavy atom. The molecule has 0 saturated heterocycles. The van der Waals surface area contributed by atoms with Gasteiger partial charge in [0.2, 0.25) is 0 Å². The molecule has 1 aliphatic carbocycles. The maximum absolute atomic E-state index is 12.5. The summed E-state index contributed by atoms with van der Waals surface area (Å²) in [5.41, 5.74) is 7.33. The smallest absolute Gasteiger partial charge is 0.333 e. The van der Waals surface area contributed by atoms with E-state index in [9.17, 15) is 4.79 Å². The predicted octanol–water partition coefficient (Wildman–Crippen LogP) is 3.79. The van der Waals surface area contributed by atoms with Crippen LogP contribution in [0.3, 0.4) is 0 Å². The van der Waals surface area contributed by atoms with Crippen molar-refractivity contribution in [3.8, 4) is 0 Å². The molecule has 2 N–H and O–H groups in total. The van der Waals surface area contributed by atoms with E-state index in [0.29, 0.717) is 18.6 Å². The van der Waals surface area contributed by atoms with Crippen LogP contribution in [0.4, 0.5) is 0 Å². The summed E-state index contributed by atoms with van der Waals surface area (Å²) in [4.78, 5) is 12.5. The van der Waals surface area contributed by atoms with Crippen LogP contribution in [0.25, 0.3) is 0 Å². The molecule has 0 bridgehead atoms. The van der Waals surface area contributed by atoms with Crippen LogP contribution in [0.1, 0.15) is 41.0 Å². The zero-order valence-corrected chi connectivity index (χ0v) is 20.3. The number of carbonyl (C=O) groups excluding carboxylic acids is 1. The van der Waals surface area contributed by atoms with E-state index < -0.39 is 8.32 Å². The van der Waals surface area contributed by atoms with Crippen molar-refractivity contribution in [2.24, 2.45) is 11.7 Å². The minimum atomic E-state index is -2.75. The summed E-state index contributed by atoms with van der Waals surface area (Å²) in [5, 5.41) is 2.27. The van der Waals surface area contributed by atoms with Gasteiger partial charge in [-0.2, -0.15) is 0 Å². The zero-order chi connectivity index (χ0) is 22.6. The first kappa shape index (κ1) is 23.5. The summed E-state index contributed by atoms with van der Waals surface area (Å²) in [6.07, 6.45) is 2.15. The molecule has 1 aliphatic rings. The summed E-state index contributed by atoms with van der Waals surface area (Å²) >= 11 is 0. The van der Waals surface area contributed by atoms with Gasteiger partial charge < -0.3 is 14.9 Å². The zero-order valence-electron chi connectivity index (χ0n) is 19.3. The van der Waals surface area contributed by atoms with Crippen molar-refractivity contribution >= 4 is 24.7 Å². The van der Waals surface area contributed by atoms with Crippen molar-refractivity contribution in [1.82, 2.24) is 0 Å². The monoisotopic (exact) mass is 437 g/mol. The van der Waals surface area contributed by atoms with Gasteiger partial charge in [0.15, 0.2) is 0 Å². The molecule has 0 saturated carbocycles. The Hall–Kier alpha value is -2.21. The summed E-state index contributed by atoms with van der Waals surface area (Å²) in [7, 11) is -2.75. The molecule has 31 heavy (non-hydrogen) atoms. The number of hydrogen-bond acceptors (Lipinski definition) is 4. The summed E-state index contributed by atoms with van der Waals surface area (Å²) in [5.74, 6) is -0.242. The molecule has 0 radical (unpaired) electrons. The van der Waals surface area contributed by atoms with E-state index in [1.807, 2.05) is 32.1 Å². The molecule has 4 nitrogen and oxygen atoms in total. The SMILES string of the molecule is CCOC(=O)C1=C[C@@H](C)[C@H](N)[C@H](O[Si](c2ccccc2)(c2ccccc2)C(C)(C)C)C1. The third-order valence-corrected chi connectivity index (χ3v) is 11.3. The Balaban J connectivity index is 2.11. The normalized spacial score (nSPS) is 22.0. The van der Waals surface area contributed by atoms with E-state index in [1.165, 1.54) is 10.4 Å². The van der Waals surface area contributed by atoms with E-state index in [4.69, 9.17) is 14.9 Å². The molecule has 0 unspecified atom stereocenters. The molecular weight excluding hydrogens is 402 g/mol. The molecule has 166 valence electrons. The van der Waals surface area contributed by atoms with E-state index >= 15 is 0 Å². The van der Waals surface area contributed by atoms with Crippen molar-refractivity contribution in [2.75, 3.05) is 6.61 Å². The van der Waals surface area contributed by atoms with Gasteiger partial charge in [-0.1, -0.05) is 94.4 Å². The molecule has 0 fully saturated rings. The lowest BCUT2D eigenvalue weighted by atomic mass is 9.85. The molecule has 0 aromatic heterocycles. The van der Waals surface area contributed by atoms with Crippen LogP contribution >= 0.6 is 0 Å². The van der Waals surface area contributed by atoms with Gasteiger partial charge >= 0.3 is 5.97 Å². The number of benzene rings is 2. The lowest BCUT2D eigenvalue weighted by Gasteiger charge is -2.47. The Morgan fingerprint density at radius 2 is 1.55 bits per heavy atom. The first-order valence-electron chi connectivity index (χ1n) is 11.1. The van der Waals surface area contributed by atoms with E-state index in [1.54, 1.807) is 0 Å². The van der Waals surface area contributed by atoms with Crippen LogP contribution < -0.4 is 16.1 Å². The molecule has 0 heterocycles. The molecule has 2 aromatic rings. The van der Waals surface area contributed by atoms with Gasteiger partial charge in [-0.25, -0.2) is 4.79 Å². The van der Waals surface area contributed by atoms with Gasteiger partial charge in [-0.3, -0.25) is 0 Å². The number of hydrogen-bond donors (Lipinski definition) is 1. The highest BCUT2D eigenvalue weighted by Gasteiger charge is 2.52. The molecule has 0 amide bonds. The van der Waals surface area contributed by atoms with Gasteiger partial charge in [0.05, 0.1) is 12.7 Å². The summed E-state index contributed by atoms with van der Waals surface area (Å²) in [6, 6.07) is 20.8. The molecule has 0 spiro atoms. The fourth-order valence-corrected chi connectivity index (χ4v) is 9.31. The number of ether oxygens (including phenoxy) is 1. The van der Waals surface area contributed by atoms with Crippen molar-refractivity contribution in [3.05, 3.63) is 72.3 Å². The maximum atomic E-state index is 12.5. The predicted molar refractivity (Wildman–Crippen MR) is 129 cm³/mol. The molecule has 3 rings (SSSR count). The van der Waals surface area contributed by atoms with Gasteiger partial charge in [0, 0.05) is 18.0 Å². The van der Waals surface area contributed by atoms with Crippen molar-refractivity contribution < 1.29 is 14.0 Å². The van der Waals surface area contributed by atoms with Crippen LogP contribution in [0, 0.1) is 5.92 Å². The lowest BCUT2D eigenvalue weighted by Crippen LogP contribution is -2.69. The number of nitrogens with two attached hydrogens (primary N) is 1. The molecule has 0 aliphatic heterocycles. The lowest BCUT2D eigenvalue weighted by molar-refractivity contribution is -0.139. The Labute approximate surface area is 187 Å². The first-order valence-corrected chi connectivity index (χ1v) is 13.0. The van der Waals surface area contributed by atoms with Crippen LogP contribution in [0.15, 0.2) is 72.3 Å². The number of esters is 1. The van der Waals surface area contributed by atoms with Crippen LogP contribution in [0.2, 0.25) is 5.04 Å². The second-order valence-corrected chi connectivity index (χ2v) is 13.6. The minimum Gasteiger partial charge on any atom is -0.463 e. The Morgan fingerprint density at radius 3 is 2.00 bits per heavy atom. The Kier molecular flexibility index (Phi) is 7.19. The molecular formula is C26H35NO3Si. The van der Waals surface area contributed by atoms with Gasteiger partial charge in [-0.15, -0.1) is 0 Å². The standard InChI is InChI=1S/C26H35NO3Si/c1-6-29-25(28)20-17-19(2)24(27)23(18-20)30-31(26(3,4)5,21-13-9-7-10-14-21)22-15-11-8-12-16-22/h7-17,19,23-24H,6,18,27H2,1-5H3/t19-,23-,24+/m1/s1. The van der Waals surface area contributed by atoms with Crippen LogP contribution in [0.5, 0.6) is 0 Å². The molecule has 2 aromatic carbocycles. The second-order valence-electron chi connectivity index (χ2n) is 9.37. The van der Waals surface area contributed by atoms with Crippen LogP contribution in [-0.4, -0.2) is 33.0 Å². The number of carbonyl (C=O) groups is 1. The summed E-state index contributed by atoms with van der Waals surface area (Å²) < 4.78 is 12.5.